The lowest BCUT2D eigenvalue weighted by atomic mass is 10.3. The van der Waals surface area contributed by atoms with Crippen molar-refractivity contribution in [3.05, 3.63) is 40.6 Å². The van der Waals surface area contributed by atoms with E-state index in [9.17, 15) is 4.79 Å². The first-order valence-electron chi connectivity index (χ1n) is 5.06. The molecule has 0 atom stereocenters. The minimum Gasteiger partial charge on any atom is -0.461 e. The maximum absolute atomic E-state index is 11.4. The van der Waals surface area contributed by atoms with Crippen LogP contribution in [-0.2, 0) is 4.74 Å². The second-order valence-electron chi connectivity index (χ2n) is 3.25. The highest BCUT2D eigenvalue weighted by Gasteiger charge is 2.12. The second-order valence-corrected chi connectivity index (χ2v) is 4.16. The molecule has 0 amide bonds. The lowest BCUT2D eigenvalue weighted by Gasteiger charge is -1.99. The van der Waals surface area contributed by atoms with Gasteiger partial charge in [-0.3, -0.25) is 0 Å². The predicted octanol–water partition coefficient (Wildman–Crippen LogP) is 2.21. The third kappa shape index (κ3) is 2.71. The first-order valence-corrected chi connectivity index (χ1v) is 5.85. The molecule has 17 heavy (non-hydrogen) atoms. The monoisotopic (exact) mass is 295 g/mol. The van der Waals surface area contributed by atoms with Crippen molar-refractivity contribution in [2.45, 2.75) is 6.92 Å². The molecule has 0 aliphatic rings. The molecular weight excluding hydrogens is 286 g/mol. The van der Waals surface area contributed by atoms with E-state index in [2.05, 4.69) is 26.2 Å². The molecule has 0 aliphatic carbocycles. The maximum Gasteiger partial charge on any atom is 0.360 e. The van der Waals surface area contributed by atoms with Crippen LogP contribution < -0.4 is 0 Å². The number of ether oxygens (including phenoxy) is 1. The number of carbonyl (C=O) groups excluding carboxylic acids is 1. The zero-order chi connectivity index (χ0) is 12.3. The van der Waals surface area contributed by atoms with Crippen LogP contribution in [0.5, 0.6) is 0 Å². The number of carbonyl (C=O) groups is 1. The van der Waals surface area contributed by atoms with Crippen molar-refractivity contribution in [2.24, 2.45) is 0 Å². The standard InChI is InChI=1S/C11H10BrN3O2/c1-2-17-11(16)10-7-15(14-13-10)9-5-3-4-8(12)6-9/h3-7H,2H2,1H3. The van der Waals surface area contributed by atoms with Crippen molar-refractivity contribution in [3.63, 3.8) is 0 Å². The molecule has 0 N–H and O–H groups in total. The van der Waals surface area contributed by atoms with Crippen LogP contribution in [0.1, 0.15) is 17.4 Å². The van der Waals surface area contributed by atoms with Crippen molar-refractivity contribution in [3.8, 4) is 5.69 Å². The molecule has 0 saturated heterocycles. The van der Waals surface area contributed by atoms with Crippen LogP contribution in [0.3, 0.4) is 0 Å². The topological polar surface area (TPSA) is 57.0 Å². The number of hydrogen-bond donors (Lipinski definition) is 0. The van der Waals surface area contributed by atoms with Gasteiger partial charge in [0.2, 0.25) is 0 Å². The quantitative estimate of drug-likeness (QED) is 0.815. The van der Waals surface area contributed by atoms with Crippen molar-refractivity contribution < 1.29 is 9.53 Å². The van der Waals surface area contributed by atoms with E-state index in [1.54, 1.807) is 13.1 Å². The van der Waals surface area contributed by atoms with Crippen LogP contribution in [-0.4, -0.2) is 27.6 Å². The van der Waals surface area contributed by atoms with Gasteiger partial charge in [-0.25, -0.2) is 9.48 Å². The highest BCUT2D eigenvalue weighted by atomic mass is 79.9. The Morgan fingerprint density at radius 2 is 2.35 bits per heavy atom. The minimum absolute atomic E-state index is 0.201. The van der Waals surface area contributed by atoms with Crippen molar-refractivity contribution in [1.82, 2.24) is 15.0 Å². The first-order chi connectivity index (χ1) is 8.20. The third-order valence-corrected chi connectivity index (χ3v) is 2.54. The number of aromatic nitrogens is 3. The lowest BCUT2D eigenvalue weighted by molar-refractivity contribution is 0.0519. The molecule has 1 heterocycles. The molecule has 0 radical (unpaired) electrons. The van der Waals surface area contributed by atoms with Gasteiger partial charge in [0.25, 0.3) is 0 Å². The van der Waals surface area contributed by atoms with Crippen LogP contribution in [0.4, 0.5) is 0 Å². The molecule has 88 valence electrons. The summed E-state index contributed by atoms with van der Waals surface area (Å²) in [5, 5.41) is 7.64. The summed E-state index contributed by atoms with van der Waals surface area (Å²) in [6.45, 7) is 2.07. The molecule has 0 unspecified atom stereocenters. The Bertz CT molecular complexity index is 539. The molecular formula is C11H10BrN3O2. The Labute approximate surface area is 107 Å². The van der Waals surface area contributed by atoms with Crippen LogP contribution in [0.25, 0.3) is 5.69 Å². The van der Waals surface area contributed by atoms with Crippen LogP contribution in [0.2, 0.25) is 0 Å². The largest absolute Gasteiger partial charge is 0.461 e. The zero-order valence-corrected chi connectivity index (χ0v) is 10.7. The van der Waals surface area contributed by atoms with Gasteiger partial charge in [0.1, 0.15) is 0 Å². The van der Waals surface area contributed by atoms with E-state index in [-0.39, 0.29) is 5.69 Å². The van der Waals surface area contributed by atoms with E-state index in [1.165, 1.54) is 4.68 Å². The Morgan fingerprint density at radius 1 is 1.53 bits per heavy atom. The number of rotatable bonds is 3. The number of halogens is 1. The Balaban J connectivity index is 2.27. The lowest BCUT2D eigenvalue weighted by Crippen LogP contribution is -2.04. The van der Waals surface area contributed by atoms with Gasteiger partial charge in [0, 0.05) is 4.47 Å². The van der Waals surface area contributed by atoms with E-state index in [1.807, 2.05) is 24.3 Å². The number of benzene rings is 1. The van der Waals surface area contributed by atoms with Gasteiger partial charge in [-0.15, -0.1) is 5.10 Å². The van der Waals surface area contributed by atoms with E-state index in [0.717, 1.165) is 10.2 Å². The normalized spacial score (nSPS) is 10.2. The predicted molar refractivity (Wildman–Crippen MR) is 65.0 cm³/mol. The van der Waals surface area contributed by atoms with Crippen molar-refractivity contribution >= 4 is 21.9 Å². The highest BCUT2D eigenvalue weighted by molar-refractivity contribution is 9.10. The van der Waals surface area contributed by atoms with Crippen molar-refractivity contribution in [2.75, 3.05) is 6.61 Å². The molecule has 5 nitrogen and oxygen atoms in total. The van der Waals surface area contributed by atoms with E-state index in [0.29, 0.717) is 6.61 Å². The fourth-order valence-electron chi connectivity index (χ4n) is 1.31. The minimum atomic E-state index is -0.464. The molecule has 1 aromatic carbocycles. The molecule has 0 saturated carbocycles. The van der Waals surface area contributed by atoms with Gasteiger partial charge in [0.15, 0.2) is 5.69 Å². The number of hydrogen-bond acceptors (Lipinski definition) is 4. The molecule has 0 bridgehead atoms. The van der Waals surface area contributed by atoms with Crippen molar-refractivity contribution in [1.29, 1.82) is 0 Å². The average Bonchev–Trinajstić information content (AvgIpc) is 2.78. The molecule has 0 fully saturated rings. The van der Waals surface area contributed by atoms with Gasteiger partial charge in [-0.05, 0) is 25.1 Å². The van der Waals surface area contributed by atoms with Gasteiger partial charge in [-0.2, -0.15) is 0 Å². The summed E-state index contributed by atoms with van der Waals surface area (Å²) in [4.78, 5) is 11.4. The molecule has 0 spiro atoms. The Morgan fingerprint density at radius 3 is 3.06 bits per heavy atom. The summed E-state index contributed by atoms with van der Waals surface area (Å²) in [7, 11) is 0. The average molecular weight is 296 g/mol. The Hall–Kier alpha value is -1.69. The third-order valence-electron chi connectivity index (χ3n) is 2.05. The van der Waals surface area contributed by atoms with Crippen LogP contribution in [0.15, 0.2) is 34.9 Å². The summed E-state index contributed by atoms with van der Waals surface area (Å²) in [5.41, 5.74) is 1.02. The SMILES string of the molecule is CCOC(=O)c1cn(-c2cccc(Br)c2)nn1. The summed E-state index contributed by atoms with van der Waals surface area (Å²) >= 11 is 3.37. The molecule has 6 heteroatoms. The fourth-order valence-corrected chi connectivity index (χ4v) is 1.69. The Kier molecular flexibility index (Phi) is 3.53. The smallest absolute Gasteiger partial charge is 0.360 e. The summed E-state index contributed by atoms with van der Waals surface area (Å²) in [6, 6.07) is 7.54. The van der Waals surface area contributed by atoms with Crippen LogP contribution in [0, 0.1) is 0 Å². The molecule has 2 aromatic rings. The zero-order valence-electron chi connectivity index (χ0n) is 9.13. The van der Waals surface area contributed by atoms with E-state index >= 15 is 0 Å². The molecule has 0 aliphatic heterocycles. The summed E-state index contributed by atoms with van der Waals surface area (Å²) in [5.74, 6) is -0.464. The molecule has 2 rings (SSSR count). The summed E-state index contributed by atoms with van der Waals surface area (Å²) in [6.07, 6.45) is 1.54. The van der Waals surface area contributed by atoms with Gasteiger partial charge >= 0.3 is 5.97 Å². The van der Waals surface area contributed by atoms with Gasteiger partial charge < -0.3 is 4.74 Å². The second kappa shape index (κ2) is 5.09. The van der Waals surface area contributed by atoms with Gasteiger partial charge in [-0.1, -0.05) is 27.2 Å². The summed E-state index contributed by atoms with van der Waals surface area (Å²) < 4.78 is 7.30. The fraction of sp³-hybridized carbons (Fsp3) is 0.182. The van der Waals surface area contributed by atoms with Crippen LogP contribution >= 0.6 is 15.9 Å². The molecule has 1 aromatic heterocycles. The first kappa shape index (κ1) is 11.8. The van der Waals surface area contributed by atoms with E-state index < -0.39 is 5.97 Å². The van der Waals surface area contributed by atoms with Gasteiger partial charge in [0.05, 0.1) is 18.5 Å². The highest BCUT2D eigenvalue weighted by Crippen LogP contribution is 2.14. The number of esters is 1. The van der Waals surface area contributed by atoms with E-state index in [4.69, 9.17) is 4.74 Å². The number of nitrogens with zero attached hydrogens (tertiary/aromatic N) is 3. The maximum atomic E-state index is 11.4.